The Kier molecular flexibility index (Phi) is 3.59. The number of nitrogens with zero attached hydrogens (tertiary/aromatic N) is 3. The molecule has 0 spiro atoms. The minimum Gasteiger partial charge on any atom is -0.355 e. The van der Waals surface area contributed by atoms with Crippen LogP contribution in [0.5, 0.6) is 0 Å². The molecule has 0 bridgehead atoms. The molecule has 0 aliphatic heterocycles. The highest BCUT2D eigenvalue weighted by atomic mass is 16.2. The summed E-state index contributed by atoms with van der Waals surface area (Å²) in [6, 6.07) is 0. The fourth-order valence-corrected chi connectivity index (χ4v) is 1.83. The Bertz CT molecular complexity index is 769. The first-order valence-electron chi connectivity index (χ1n) is 6.06. The van der Waals surface area contributed by atoms with Gasteiger partial charge in [0, 0.05) is 34.1 Å². The minimum absolute atomic E-state index is 0.118. The van der Waals surface area contributed by atoms with E-state index >= 15 is 0 Å². The van der Waals surface area contributed by atoms with Crippen LogP contribution in [0.4, 0.5) is 5.95 Å². The van der Waals surface area contributed by atoms with E-state index < -0.39 is 11.2 Å². The molecule has 0 saturated heterocycles. The summed E-state index contributed by atoms with van der Waals surface area (Å²) < 4.78 is 2.31. The van der Waals surface area contributed by atoms with E-state index in [1.807, 2.05) is 0 Å². The van der Waals surface area contributed by atoms with Crippen molar-refractivity contribution in [2.45, 2.75) is 6.92 Å². The van der Waals surface area contributed by atoms with Gasteiger partial charge in [-0.15, -0.1) is 0 Å². The summed E-state index contributed by atoms with van der Waals surface area (Å²) in [6.07, 6.45) is 0. The van der Waals surface area contributed by atoms with Crippen molar-refractivity contribution in [3.8, 4) is 0 Å². The van der Waals surface area contributed by atoms with Crippen LogP contribution in [0.2, 0.25) is 0 Å². The second-order valence-corrected chi connectivity index (χ2v) is 4.40. The van der Waals surface area contributed by atoms with Gasteiger partial charge in [-0.1, -0.05) is 0 Å². The topological polar surface area (TPSA) is 114 Å². The Hall–Kier alpha value is -2.58. The Balaban J connectivity index is 2.28. The van der Waals surface area contributed by atoms with Gasteiger partial charge in [0.05, 0.1) is 0 Å². The number of fused-ring (bicyclic) bond motifs is 1. The van der Waals surface area contributed by atoms with Gasteiger partial charge in [0.2, 0.25) is 11.9 Å². The maximum Gasteiger partial charge on any atom is 0.332 e. The van der Waals surface area contributed by atoms with Crippen LogP contribution < -0.4 is 21.9 Å². The molecule has 2 aromatic rings. The van der Waals surface area contributed by atoms with Crippen molar-refractivity contribution < 1.29 is 4.79 Å². The molecule has 108 valence electrons. The van der Waals surface area contributed by atoms with E-state index in [9.17, 15) is 14.4 Å². The van der Waals surface area contributed by atoms with E-state index in [0.29, 0.717) is 24.7 Å². The average molecular weight is 280 g/mol. The number of carbonyl (C=O) groups excluding carboxylic acids is 1. The fourth-order valence-electron chi connectivity index (χ4n) is 1.83. The molecular formula is C11H16N6O3. The zero-order valence-electron chi connectivity index (χ0n) is 11.5. The monoisotopic (exact) mass is 280 g/mol. The van der Waals surface area contributed by atoms with Crippen LogP contribution in [0.3, 0.4) is 0 Å². The quantitative estimate of drug-likeness (QED) is 0.590. The van der Waals surface area contributed by atoms with E-state index in [2.05, 4.69) is 20.6 Å². The second-order valence-electron chi connectivity index (χ2n) is 4.40. The Morgan fingerprint density at radius 2 is 1.95 bits per heavy atom. The summed E-state index contributed by atoms with van der Waals surface area (Å²) in [6.45, 7) is 2.32. The largest absolute Gasteiger partial charge is 0.355 e. The number of aromatic amines is 1. The highest BCUT2D eigenvalue weighted by Gasteiger charge is 2.12. The number of rotatable bonds is 4. The number of aromatic nitrogens is 4. The van der Waals surface area contributed by atoms with Crippen LogP contribution in [0.15, 0.2) is 9.59 Å². The lowest BCUT2D eigenvalue weighted by Crippen LogP contribution is -2.36. The molecule has 2 heterocycles. The van der Waals surface area contributed by atoms with Crippen molar-refractivity contribution in [2.24, 2.45) is 14.1 Å². The van der Waals surface area contributed by atoms with E-state index in [1.165, 1.54) is 18.5 Å². The molecule has 0 unspecified atom stereocenters. The molecule has 0 radical (unpaired) electrons. The van der Waals surface area contributed by atoms with Gasteiger partial charge in [-0.25, -0.2) is 4.79 Å². The lowest BCUT2D eigenvalue weighted by Gasteiger charge is -2.02. The molecular weight excluding hydrogens is 264 g/mol. The number of anilines is 1. The molecule has 3 N–H and O–H groups in total. The summed E-state index contributed by atoms with van der Waals surface area (Å²) in [5.74, 6) is 0.260. The summed E-state index contributed by atoms with van der Waals surface area (Å²) >= 11 is 0. The third kappa shape index (κ3) is 2.42. The molecule has 0 aliphatic carbocycles. The van der Waals surface area contributed by atoms with Crippen LogP contribution in [-0.2, 0) is 18.9 Å². The second kappa shape index (κ2) is 5.19. The van der Waals surface area contributed by atoms with E-state index in [-0.39, 0.29) is 11.4 Å². The Morgan fingerprint density at radius 1 is 1.25 bits per heavy atom. The number of aryl methyl sites for hydroxylation is 1. The van der Waals surface area contributed by atoms with Gasteiger partial charge < -0.3 is 15.6 Å². The van der Waals surface area contributed by atoms with Crippen molar-refractivity contribution in [1.82, 2.24) is 24.4 Å². The maximum atomic E-state index is 11.9. The molecule has 2 aromatic heterocycles. The molecule has 0 aliphatic rings. The Morgan fingerprint density at radius 3 is 2.60 bits per heavy atom. The highest BCUT2D eigenvalue weighted by molar-refractivity contribution is 5.73. The van der Waals surface area contributed by atoms with Gasteiger partial charge in [-0.05, 0) is 0 Å². The lowest BCUT2D eigenvalue weighted by molar-refractivity contribution is -0.118. The summed E-state index contributed by atoms with van der Waals surface area (Å²) in [5, 5.41) is 5.56. The predicted molar refractivity (Wildman–Crippen MR) is 73.7 cm³/mol. The van der Waals surface area contributed by atoms with E-state index in [4.69, 9.17) is 0 Å². The Labute approximate surface area is 113 Å². The number of amides is 1. The minimum atomic E-state index is -0.432. The van der Waals surface area contributed by atoms with Crippen molar-refractivity contribution in [3.63, 3.8) is 0 Å². The number of carbonyl (C=O) groups is 1. The summed E-state index contributed by atoms with van der Waals surface area (Å²) in [5.41, 5.74) is -0.305. The number of imidazole rings is 1. The van der Waals surface area contributed by atoms with Crippen LogP contribution in [-0.4, -0.2) is 38.1 Å². The van der Waals surface area contributed by atoms with E-state index in [0.717, 1.165) is 4.57 Å². The first kappa shape index (κ1) is 13.8. The predicted octanol–water partition coefficient (Wildman–Crippen LogP) is -1.49. The van der Waals surface area contributed by atoms with E-state index in [1.54, 1.807) is 7.05 Å². The third-order valence-corrected chi connectivity index (χ3v) is 2.89. The van der Waals surface area contributed by atoms with Crippen LogP contribution in [0.25, 0.3) is 11.2 Å². The summed E-state index contributed by atoms with van der Waals surface area (Å²) in [7, 11) is 2.96. The molecule has 0 atom stereocenters. The van der Waals surface area contributed by atoms with Gasteiger partial charge in [0.15, 0.2) is 11.2 Å². The smallest absolute Gasteiger partial charge is 0.332 e. The first-order chi connectivity index (χ1) is 9.41. The molecule has 0 fully saturated rings. The number of H-pyrrole nitrogens is 1. The highest BCUT2D eigenvalue weighted by Crippen LogP contribution is 2.07. The molecule has 9 heteroatoms. The average Bonchev–Trinajstić information content (AvgIpc) is 2.83. The number of hydrogen-bond acceptors (Lipinski definition) is 5. The van der Waals surface area contributed by atoms with Crippen molar-refractivity contribution >= 4 is 23.0 Å². The van der Waals surface area contributed by atoms with Gasteiger partial charge in [0.1, 0.15) is 0 Å². The molecule has 20 heavy (non-hydrogen) atoms. The lowest BCUT2D eigenvalue weighted by atomic mass is 10.5. The van der Waals surface area contributed by atoms with Gasteiger partial charge >= 0.3 is 5.69 Å². The van der Waals surface area contributed by atoms with Crippen molar-refractivity contribution in [1.29, 1.82) is 0 Å². The zero-order chi connectivity index (χ0) is 14.9. The van der Waals surface area contributed by atoms with Crippen molar-refractivity contribution in [2.75, 3.05) is 18.4 Å². The van der Waals surface area contributed by atoms with Gasteiger partial charge in [-0.3, -0.25) is 18.7 Å². The normalized spacial score (nSPS) is 10.8. The SMILES string of the molecule is CC(=O)NCCNc1nc2c([nH]1)c(=O)n(C)c(=O)n2C. The van der Waals surface area contributed by atoms with Crippen LogP contribution in [0, 0.1) is 0 Å². The zero-order valence-corrected chi connectivity index (χ0v) is 11.5. The molecule has 9 nitrogen and oxygen atoms in total. The number of hydrogen-bond donors (Lipinski definition) is 3. The van der Waals surface area contributed by atoms with Crippen molar-refractivity contribution in [3.05, 3.63) is 20.8 Å². The van der Waals surface area contributed by atoms with Crippen LogP contribution >= 0.6 is 0 Å². The standard InChI is InChI=1S/C11H16N6O3/c1-6(18)12-4-5-13-10-14-7-8(15-10)16(2)11(20)17(3)9(7)19/h4-5H2,1-3H3,(H,12,18)(H2,13,14,15). The molecule has 2 rings (SSSR count). The van der Waals surface area contributed by atoms with Crippen LogP contribution in [0.1, 0.15) is 6.92 Å². The van der Waals surface area contributed by atoms with Gasteiger partial charge in [-0.2, -0.15) is 4.98 Å². The maximum absolute atomic E-state index is 11.9. The molecule has 1 amide bonds. The molecule has 0 saturated carbocycles. The number of nitrogens with one attached hydrogen (secondary N) is 3. The summed E-state index contributed by atoms with van der Waals surface area (Å²) in [4.78, 5) is 41.4. The molecule has 0 aromatic carbocycles. The van der Waals surface area contributed by atoms with Gasteiger partial charge in [0.25, 0.3) is 5.56 Å². The third-order valence-electron chi connectivity index (χ3n) is 2.89. The first-order valence-corrected chi connectivity index (χ1v) is 6.06. The fraction of sp³-hybridized carbons (Fsp3) is 0.455.